The number of aromatic nitrogens is 1. The van der Waals surface area contributed by atoms with Gasteiger partial charge in [0, 0.05) is 25.8 Å². The van der Waals surface area contributed by atoms with Crippen LogP contribution in [0.5, 0.6) is 0 Å². The van der Waals surface area contributed by atoms with E-state index in [1.54, 1.807) is 12.1 Å². The lowest BCUT2D eigenvalue weighted by molar-refractivity contribution is 0.0922. The molecule has 23 heavy (non-hydrogen) atoms. The summed E-state index contributed by atoms with van der Waals surface area (Å²) in [5, 5.41) is 2.83. The van der Waals surface area contributed by atoms with Crippen LogP contribution in [0.1, 0.15) is 41.8 Å². The van der Waals surface area contributed by atoms with Crippen LogP contribution in [0, 0.1) is 0 Å². The molecule has 1 N–H and O–H groups in total. The molecule has 3 rings (SSSR count). The topological polar surface area (TPSA) is 58.4 Å². The molecule has 0 saturated carbocycles. The molecule has 2 aromatic heterocycles. The Hall–Kier alpha value is -1.82. The Kier molecular flexibility index (Phi) is 5.33. The predicted molar refractivity (Wildman–Crippen MR) is 92.5 cm³/mol. The van der Waals surface area contributed by atoms with Gasteiger partial charge in [-0.2, -0.15) is 0 Å². The Morgan fingerprint density at radius 3 is 2.57 bits per heavy atom. The number of hydrogen-bond donors (Lipinski definition) is 1. The van der Waals surface area contributed by atoms with Crippen molar-refractivity contribution in [1.82, 2.24) is 10.3 Å². The Bertz CT molecular complexity index is 646. The van der Waals surface area contributed by atoms with Crippen LogP contribution in [0.2, 0.25) is 0 Å². The summed E-state index contributed by atoms with van der Waals surface area (Å²) in [5.41, 5.74) is 0.975. The highest BCUT2D eigenvalue weighted by Gasteiger charge is 2.12. The molecular weight excluding hydrogens is 358 g/mol. The first-order valence-corrected chi connectivity index (χ1v) is 8.75. The van der Waals surface area contributed by atoms with E-state index in [0.717, 1.165) is 24.5 Å². The molecular formula is C17H20BrN3O2. The summed E-state index contributed by atoms with van der Waals surface area (Å²) in [6, 6.07) is 7.40. The molecule has 1 aliphatic rings. The highest BCUT2D eigenvalue weighted by atomic mass is 79.9. The normalized spacial score (nSPS) is 15.3. The average molecular weight is 378 g/mol. The zero-order valence-corrected chi connectivity index (χ0v) is 14.5. The molecule has 0 spiro atoms. The molecule has 122 valence electrons. The van der Waals surface area contributed by atoms with Crippen molar-refractivity contribution in [2.75, 3.05) is 18.0 Å². The van der Waals surface area contributed by atoms with Gasteiger partial charge >= 0.3 is 0 Å². The summed E-state index contributed by atoms with van der Waals surface area (Å²) >= 11 is 3.19. The monoisotopic (exact) mass is 377 g/mol. The Morgan fingerprint density at radius 1 is 1.17 bits per heavy atom. The number of furan rings is 1. The van der Waals surface area contributed by atoms with Crippen molar-refractivity contribution < 1.29 is 9.21 Å². The van der Waals surface area contributed by atoms with Gasteiger partial charge in [-0.25, -0.2) is 4.98 Å². The van der Waals surface area contributed by atoms with Crippen LogP contribution in [0.25, 0.3) is 0 Å². The number of rotatable bonds is 4. The molecule has 1 fully saturated rings. The summed E-state index contributed by atoms with van der Waals surface area (Å²) in [5.74, 6) is 1.09. The molecule has 0 aromatic carbocycles. The van der Waals surface area contributed by atoms with Crippen LogP contribution in [-0.2, 0) is 6.54 Å². The number of nitrogens with one attached hydrogen (secondary N) is 1. The number of halogens is 1. The van der Waals surface area contributed by atoms with E-state index in [0.29, 0.717) is 17.0 Å². The summed E-state index contributed by atoms with van der Waals surface area (Å²) in [4.78, 5) is 18.8. The zero-order chi connectivity index (χ0) is 16.1. The van der Waals surface area contributed by atoms with Gasteiger partial charge in [-0.3, -0.25) is 4.79 Å². The van der Waals surface area contributed by atoms with Gasteiger partial charge in [0.2, 0.25) is 0 Å². The minimum atomic E-state index is -0.229. The molecule has 1 aliphatic heterocycles. The number of carbonyl (C=O) groups excluding carboxylic acids is 1. The van der Waals surface area contributed by atoms with Gasteiger partial charge in [-0.15, -0.1) is 0 Å². The quantitative estimate of drug-likeness (QED) is 0.881. The molecule has 1 amide bonds. The minimum absolute atomic E-state index is 0.229. The van der Waals surface area contributed by atoms with Crippen molar-refractivity contribution in [1.29, 1.82) is 0 Å². The molecule has 0 unspecified atom stereocenters. The largest absolute Gasteiger partial charge is 0.444 e. The van der Waals surface area contributed by atoms with Gasteiger partial charge in [0.1, 0.15) is 5.82 Å². The van der Waals surface area contributed by atoms with Crippen LogP contribution in [-0.4, -0.2) is 24.0 Å². The van der Waals surface area contributed by atoms with Crippen molar-refractivity contribution in [2.24, 2.45) is 0 Å². The van der Waals surface area contributed by atoms with E-state index in [1.165, 1.54) is 25.7 Å². The third-order valence-electron chi connectivity index (χ3n) is 3.99. The van der Waals surface area contributed by atoms with Crippen LogP contribution in [0.15, 0.2) is 39.5 Å². The smallest absolute Gasteiger partial charge is 0.287 e. The highest BCUT2D eigenvalue weighted by Crippen LogP contribution is 2.18. The maximum atomic E-state index is 11.9. The molecule has 1 saturated heterocycles. The Balaban J connectivity index is 1.55. The predicted octanol–water partition coefficient (Wildman–Crippen LogP) is 3.75. The molecule has 0 bridgehead atoms. The van der Waals surface area contributed by atoms with Crippen molar-refractivity contribution in [3.8, 4) is 0 Å². The fraction of sp³-hybridized carbons (Fsp3) is 0.412. The number of amides is 1. The standard InChI is InChI=1S/C17H20BrN3O2/c18-15-7-6-14(23-15)17(22)20-12-13-5-8-16(19-11-13)21-9-3-1-2-4-10-21/h5-8,11H,1-4,9-10,12H2,(H,20,22). The van der Waals surface area contributed by atoms with E-state index in [9.17, 15) is 4.79 Å². The van der Waals surface area contributed by atoms with Crippen LogP contribution >= 0.6 is 15.9 Å². The first-order valence-electron chi connectivity index (χ1n) is 7.96. The second-order valence-corrected chi connectivity index (χ2v) is 6.49. The molecule has 0 radical (unpaired) electrons. The maximum Gasteiger partial charge on any atom is 0.287 e. The van der Waals surface area contributed by atoms with Crippen LogP contribution < -0.4 is 10.2 Å². The number of anilines is 1. The summed E-state index contributed by atoms with van der Waals surface area (Å²) in [7, 11) is 0. The van der Waals surface area contributed by atoms with Crippen molar-refractivity contribution in [3.05, 3.63) is 46.5 Å². The Morgan fingerprint density at radius 2 is 1.96 bits per heavy atom. The first-order chi connectivity index (χ1) is 11.2. The molecule has 5 nitrogen and oxygen atoms in total. The zero-order valence-electron chi connectivity index (χ0n) is 12.9. The Labute approximate surface area is 144 Å². The first kappa shape index (κ1) is 16.1. The second kappa shape index (κ2) is 7.64. The molecule has 2 aromatic rings. The minimum Gasteiger partial charge on any atom is -0.444 e. The fourth-order valence-corrected chi connectivity index (χ4v) is 3.02. The van der Waals surface area contributed by atoms with Gasteiger partial charge in [0.25, 0.3) is 5.91 Å². The van der Waals surface area contributed by atoms with Crippen LogP contribution in [0.3, 0.4) is 0 Å². The van der Waals surface area contributed by atoms with Gasteiger partial charge in [-0.05, 0) is 52.5 Å². The summed E-state index contributed by atoms with van der Waals surface area (Å²) < 4.78 is 5.77. The van der Waals surface area contributed by atoms with Gasteiger partial charge in [-0.1, -0.05) is 18.9 Å². The third-order valence-corrected chi connectivity index (χ3v) is 4.42. The number of carbonyl (C=O) groups is 1. The molecule has 0 atom stereocenters. The lowest BCUT2D eigenvalue weighted by Gasteiger charge is -2.21. The van der Waals surface area contributed by atoms with E-state index in [-0.39, 0.29) is 5.91 Å². The van der Waals surface area contributed by atoms with E-state index >= 15 is 0 Å². The maximum absolute atomic E-state index is 11.9. The number of hydrogen-bond acceptors (Lipinski definition) is 4. The molecule has 0 aliphatic carbocycles. The summed E-state index contributed by atoms with van der Waals surface area (Å²) in [6.45, 7) is 2.59. The van der Waals surface area contributed by atoms with Crippen molar-refractivity contribution in [3.63, 3.8) is 0 Å². The van der Waals surface area contributed by atoms with Crippen molar-refractivity contribution in [2.45, 2.75) is 32.2 Å². The number of nitrogens with zero attached hydrogens (tertiary/aromatic N) is 2. The van der Waals surface area contributed by atoms with E-state index < -0.39 is 0 Å². The third kappa shape index (κ3) is 4.34. The van der Waals surface area contributed by atoms with Gasteiger partial charge in [0.05, 0.1) is 0 Å². The lowest BCUT2D eigenvalue weighted by Crippen LogP contribution is -2.25. The SMILES string of the molecule is O=C(NCc1ccc(N2CCCCCC2)nc1)c1ccc(Br)o1. The average Bonchev–Trinajstić information content (AvgIpc) is 2.84. The second-order valence-electron chi connectivity index (χ2n) is 5.71. The fourth-order valence-electron chi connectivity index (χ4n) is 2.71. The van der Waals surface area contributed by atoms with Crippen LogP contribution in [0.4, 0.5) is 5.82 Å². The van der Waals surface area contributed by atoms with Gasteiger partial charge in [0.15, 0.2) is 10.4 Å². The molecule has 6 heteroatoms. The van der Waals surface area contributed by atoms with E-state index in [2.05, 4.69) is 31.1 Å². The highest BCUT2D eigenvalue weighted by molar-refractivity contribution is 9.10. The lowest BCUT2D eigenvalue weighted by atomic mass is 10.2. The summed E-state index contributed by atoms with van der Waals surface area (Å²) in [6.07, 6.45) is 6.92. The van der Waals surface area contributed by atoms with E-state index in [4.69, 9.17) is 4.42 Å². The number of pyridine rings is 1. The molecule has 3 heterocycles. The van der Waals surface area contributed by atoms with Crippen molar-refractivity contribution >= 4 is 27.7 Å². The van der Waals surface area contributed by atoms with E-state index in [1.807, 2.05) is 18.3 Å². The van der Waals surface area contributed by atoms with Gasteiger partial charge < -0.3 is 14.6 Å².